The van der Waals surface area contributed by atoms with Crippen molar-refractivity contribution in [2.45, 2.75) is 45.6 Å². The molecule has 2 aromatic rings. The van der Waals surface area contributed by atoms with E-state index in [9.17, 15) is 4.79 Å². The molecule has 1 aromatic heterocycles. The quantitative estimate of drug-likeness (QED) is 0.176. The van der Waals surface area contributed by atoms with E-state index in [0.29, 0.717) is 13.0 Å². The van der Waals surface area contributed by atoms with Crippen molar-refractivity contribution in [1.82, 2.24) is 30.3 Å². The van der Waals surface area contributed by atoms with Gasteiger partial charge >= 0.3 is 0 Å². The lowest BCUT2D eigenvalue weighted by molar-refractivity contribution is -0.127. The zero-order chi connectivity index (χ0) is 22.6. The number of nitrogens with zero attached hydrogens (tertiary/aromatic N) is 5. The van der Waals surface area contributed by atoms with Gasteiger partial charge in [0.1, 0.15) is 17.9 Å². The van der Waals surface area contributed by atoms with E-state index in [4.69, 9.17) is 9.73 Å². The van der Waals surface area contributed by atoms with Gasteiger partial charge in [-0.15, -0.1) is 34.2 Å². The van der Waals surface area contributed by atoms with Crippen LogP contribution in [0.4, 0.5) is 0 Å². The second-order valence-corrected chi connectivity index (χ2v) is 7.81. The summed E-state index contributed by atoms with van der Waals surface area (Å²) in [5.41, 5.74) is 1.24. The molecule has 2 heterocycles. The van der Waals surface area contributed by atoms with Gasteiger partial charge in [0.2, 0.25) is 5.91 Å². The molecule has 3 rings (SSSR count). The van der Waals surface area contributed by atoms with Crippen LogP contribution in [0.3, 0.4) is 0 Å². The molecule has 9 nitrogen and oxygen atoms in total. The second kappa shape index (κ2) is 14.7. The summed E-state index contributed by atoms with van der Waals surface area (Å²) in [4.78, 5) is 18.4. The predicted octanol–water partition coefficient (Wildman–Crippen LogP) is 2.26. The van der Waals surface area contributed by atoms with Gasteiger partial charge in [0.15, 0.2) is 5.96 Å². The van der Waals surface area contributed by atoms with Crippen LogP contribution in [0.1, 0.15) is 37.6 Å². The average molecular weight is 569 g/mol. The van der Waals surface area contributed by atoms with Gasteiger partial charge in [0.05, 0.1) is 7.11 Å². The Balaban J connectivity index is 0.00000385. The molecule has 2 N–H and O–H groups in total. The van der Waals surface area contributed by atoms with E-state index in [2.05, 4.69) is 44.5 Å². The summed E-state index contributed by atoms with van der Waals surface area (Å²) in [7, 11) is 1.67. The van der Waals surface area contributed by atoms with Crippen LogP contribution in [0.2, 0.25) is 0 Å². The molecule has 0 spiro atoms. The van der Waals surface area contributed by atoms with E-state index in [-0.39, 0.29) is 29.9 Å². The van der Waals surface area contributed by atoms with Crippen molar-refractivity contribution in [2.75, 3.05) is 39.8 Å². The lowest BCUT2D eigenvalue weighted by atomic mass is 10.1. The maximum absolute atomic E-state index is 11.8. The number of amides is 1. The van der Waals surface area contributed by atoms with Crippen LogP contribution >= 0.6 is 24.0 Å². The van der Waals surface area contributed by atoms with Crippen LogP contribution in [-0.2, 0) is 24.2 Å². The number of hydrogen-bond donors (Lipinski definition) is 2. The van der Waals surface area contributed by atoms with Crippen LogP contribution in [0.25, 0.3) is 0 Å². The number of halogens is 1. The Hall–Kier alpha value is -2.37. The van der Waals surface area contributed by atoms with E-state index in [0.717, 1.165) is 75.9 Å². The number of rotatable bonds is 12. The first-order chi connectivity index (χ1) is 15.7. The number of aryl methyl sites for hydroxylation is 1. The van der Waals surface area contributed by atoms with Gasteiger partial charge in [-0.05, 0) is 37.0 Å². The zero-order valence-corrected chi connectivity index (χ0v) is 22.0. The fraction of sp³-hybridized carbons (Fsp3) is 0.565. The summed E-state index contributed by atoms with van der Waals surface area (Å²) < 4.78 is 7.28. The molecule has 0 saturated carbocycles. The molecule has 0 unspecified atom stereocenters. The lowest BCUT2D eigenvalue weighted by Gasteiger charge is -2.16. The van der Waals surface area contributed by atoms with Crippen molar-refractivity contribution in [2.24, 2.45) is 4.99 Å². The SMILES string of the molecule is CCc1nncn1CCNC(=NCCCN1CCCC1=O)NCCc1ccc(OC)cc1.I. The molecule has 1 aromatic carbocycles. The number of aromatic nitrogens is 3. The molecule has 1 fully saturated rings. The number of benzene rings is 1. The summed E-state index contributed by atoms with van der Waals surface area (Å²) in [5.74, 6) is 2.90. The van der Waals surface area contributed by atoms with Gasteiger partial charge in [-0.1, -0.05) is 19.1 Å². The third-order valence-electron chi connectivity index (χ3n) is 5.55. The van der Waals surface area contributed by atoms with Crippen LogP contribution in [0, 0.1) is 0 Å². The fourth-order valence-corrected chi connectivity index (χ4v) is 3.72. The summed E-state index contributed by atoms with van der Waals surface area (Å²) in [5, 5.41) is 15.0. The highest BCUT2D eigenvalue weighted by molar-refractivity contribution is 14.0. The number of likely N-dealkylation sites (tertiary alicyclic amines) is 1. The molecule has 182 valence electrons. The van der Waals surface area contributed by atoms with Gasteiger partial charge in [0.25, 0.3) is 0 Å². The van der Waals surface area contributed by atoms with E-state index in [1.807, 2.05) is 17.0 Å². The minimum Gasteiger partial charge on any atom is -0.497 e. The molecule has 0 bridgehead atoms. The van der Waals surface area contributed by atoms with E-state index in [1.54, 1.807) is 13.4 Å². The van der Waals surface area contributed by atoms with Gasteiger partial charge in [-0.2, -0.15) is 0 Å². The highest BCUT2D eigenvalue weighted by atomic mass is 127. The first-order valence-electron chi connectivity index (χ1n) is 11.5. The third-order valence-corrected chi connectivity index (χ3v) is 5.55. The molecule has 1 amide bonds. The summed E-state index contributed by atoms with van der Waals surface area (Å²) in [6.07, 6.45) is 6.04. The van der Waals surface area contributed by atoms with Crippen molar-refractivity contribution in [3.8, 4) is 5.75 Å². The minimum atomic E-state index is 0. The Labute approximate surface area is 213 Å². The number of aliphatic imine (C=N–C) groups is 1. The monoisotopic (exact) mass is 569 g/mol. The number of nitrogens with one attached hydrogen (secondary N) is 2. The number of carbonyl (C=O) groups excluding carboxylic acids is 1. The standard InChI is InChI=1S/C23H35N7O2.HI/c1-3-21-28-27-18-30(21)17-14-26-23(24-12-5-16-29-15-4-6-22(29)31)25-13-11-19-7-9-20(32-2)10-8-19;/h7-10,18H,3-6,11-17H2,1-2H3,(H2,24,25,26);1H. The molecule has 1 saturated heterocycles. The maximum Gasteiger partial charge on any atom is 0.222 e. The normalized spacial score (nSPS) is 13.7. The number of guanidine groups is 1. The number of hydrogen-bond acceptors (Lipinski definition) is 5. The van der Waals surface area contributed by atoms with Crippen molar-refractivity contribution in [3.63, 3.8) is 0 Å². The molecule has 0 aliphatic carbocycles. The second-order valence-electron chi connectivity index (χ2n) is 7.81. The molecular weight excluding hydrogens is 533 g/mol. The summed E-state index contributed by atoms with van der Waals surface area (Å²) >= 11 is 0. The Kier molecular flexibility index (Phi) is 12.0. The van der Waals surface area contributed by atoms with Gasteiger partial charge in [-0.3, -0.25) is 9.79 Å². The maximum atomic E-state index is 11.8. The molecule has 1 aliphatic heterocycles. The average Bonchev–Trinajstić information content (AvgIpc) is 3.45. The Morgan fingerprint density at radius 2 is 1.97 bits per heavy atom. The number of carbonyl (C=O) groups is 1. The molecule has 1 aliphatic rings. The smallest absolute Gasteiger partial charge is 0.222 e. The summed E-state index contributed by atoms with van der Waals surface area (Å²) in [6.45, 7) is 6.69. The summed E-state index contributed by atoms with van der Waals surface area (Å²) in [6, 6.07) is 8.12. The predicted molar refractivity (Wildman–Crippen MR) is 140 cm³/mol. The van der Waals surface area contributed by atoms with Crippen molar-refractivity contribution in [3.05, 3.63) is 42.0 Å². The first-order valence-corrected chi connectivity index (χ1v) is 11.5. The van der Waals surface area contributed by atoms with Gasteiger partial charge in [0, 0.05) is 52.1 Å². The van der Waals surface area contributed by atoms with Crippen molar-refractivity contribution in [1.29, 1.82) is 0 Å². The molecule has 0 radical (unpaired) electrons. The highest BCUT2D eigenvalue weighted by Gasteiger charge is 2.18. The topological polar surface area (TPSA) is 96.7 Å². The van der Waals surface area contributed by atoms with E-state index < -0.39 is 0 Å². The third kappa shape index (κ3) is 8.82. The van der Waals surface area contributed by atoms with Crippen LogP contribution in [0.5, 0.6) is 5.75 Å². The first kappa shape index (κ1) is 26.9. The van der Waals surface area contributed by atoms with E-state index in [1.165, 1.54) is 5.56 Å². The zero-order valence-electron chi connectivity index (χ0n) is 19.6. The van der Waals surface area contributed by atoms with Crippen LogP contribution in [0.15, 0.2) is 35.6 Å². The van der Waals surface area contributed by atoms with Crippen LogP contribution in [-0.4, -0.2) is 71.4 Å². The molecular formula is C23H36IN7O2. The number of ether oxygens (including phenoxy) is 1. The highest BCUT2D eigenvalue weighted by Crippen LogP contribution is 2.11. The van der Waals surface area contributed by atoms with Gasteiger partial charge in [-0.25, -0.2) is 0 Å². The number of methoxy groups -OCH3 is 1. The largest absolute Gasteiger partial charge is 0.497 e. The minimum absolute atomic E-state index is 0. The fourth-order valence-electron chi connectivity index (χ4n) is 3.72. The Bertz CT molecular complexity index is 870. The lowest BCUT2D eigenvalue weighted by Crippen LogP contribution is -2.40. The Morgan fingerprint density at radius 1 is 1.18 bits per heavy atom. The van der Waals surface area contributed by atoms with E-state index >= 15 is 0 Å². The Morgan fingerprint density at radius 3 is 2.67 bits per heavy atom. The van der Waals surface area contributed by atoms with Crippen LogP contribution < -0.4 is 15.4 Å². The van der Waals surface area contributed by atoms with Crippen molar-refractivity contribution < 1.29 is 9.53 Å². The molecule has 10 heteroatoms. The molecule has 0 atom stereocenters. The van der Waals surface area contributed by atoms with Gasteiger partial charge < -0.3 is 24.8 Å². The molecule has 33 heavy (non-hydrogen) atoms. The van der Waals surface area contributed by atoms with Crippen molar-refractivity contribution >= 4 is 35.8 Å².